The molecule has 0 saturated heterocycles. The number of nitrogens with zero attached hydrogens (tertiary/aromatic N) is 1. The van der Waals surface area contributed by atoms with E-state index in [-0.39, 0.29) is 17.3 Å². The van der Waals surface area contributed by atoms with Gasteiger partial charge in [0.2, 0.25) is 5.91 Å². The van der Waals surface area contributed by atoms with E-state index in [0.29, 0.717) is 13.0 Å². The van der Waals surface area contributed by atoms with E-state index in [0.717, 1.165) is 5.56 Å². The predicted octanol–water partition coefficient (Wildman–Crippen LogP) is 2.36. The number of benzene rings is 1. The number of rotatable bonds is 6. The number of carbonyl (C=O) groups is 2. The maximum absolute atomic E-state index is 12.2. The zero-order valence-electron chi connectivity index (χ0n) is 11.1. The summed E-state index contributed by atoms with van der Waals surface area (Å²) < 4.78 is 4.63. The number of halogens is 1. The van der Waals surface area contributed by atoms with Crippen LogP contribution in [0.5, 0.6) is 0 Å². The van der Waals surface area contributed by atoms with Crippen LogP contribution in [-0.4, -0.2) is 35.3 Å². The van der Waals surface area contributed by atoms with E-state index < -0.39 is 5.97 Å². The predicted molar refractivity (Wildman–Crippen MR) is 76.9 cm³/mol. The molecule has 1 aromatic rings. The molecule has 0 saturated carbocycles. The van der Waals surface area contributed by atoms with E-state index in [1.807, 2.05) is 37.3 Å². The van der Waals surface area contributed by atoms with E-state index in [1.54, 1.807) is 0 Å². The number of methoxy groups -OCH3 is 1. The van der Waals surface area contributed by atoms with Crippen LogP contribution in [0, 0.1) is 0 Å². The zero-order chi connectivity index (χ0) is 14.3. The molecule has 1 aromatic carbocycles. The molecule has 5 heteroatoms. The normalized spacial score (nSPS) is 11.7. The molecule has 0 fully saturated rings. The van der Waals surface area contributed by atoms with Crippen LogP contribution < -0.4 is 0 Å². The lowest BCUT2D eigenvalue weighted by molar-refractivity contribution is -0.147. The standard InChI is InChI=1S/C14H18BrNO3/c1-3-12(15)14(18)16(10-13(17)19-2)9-11-7-5-4-6-8-11/h4-8,12H,3,9-10H2,1-2H3. The fraction of sp³-hybridized carbons (Fsp3) is 0.429. The summed E-state index contributed by atoms with van der Waals surface area (Å²) in [4.78, 5) is 24.8. The van der Waals surface area contributed by atoms with Gasteiger partial charge in [-0.1, -0.05) is 53.2 Å². The third-order valence-electron chi connectivity index (χ3n) is 2.70. The Hall–Kier alpha value is -1.36. The van der Waals surface area contributed by atoms with Gasteiger partial charge in [-0.15, -0.1) is 0 Å². The maximum Gasteiger partial charge on any atom is 0.325 e. The van der Waals surface area contributed by atoms with Gasteiger partial charge < -0.3 is 9.64 Å². The Morgan fingerprint density at radius 2 is 1.95 bits per heavy atom. The maximum atomic E-state index is 12.2. The summed E-state index contributed by atoms with van der Waals surface area (Å²) in [6, 6.07) is 9.57. The van der Waals surface area contributed by atoms with Gasteiger partial charge in [0.15, 0.2) is 0 Å². The van der Waals surface area contributed by atoms with Gasteiger partial charge in [0.1, 0.15) is 6.54 Å². The van der Waals surface area contributed by atoms with Crippen molar-refractivity contribution < 1.29 is 14.3 Å². The van der Waals surface area contributed by atoms with E-state index >= 15 is 0 Å². The second kappa shape index (κ2) is 7.94. The lowest BCUT2D eigenvalue weighted by atomic mass is 10.2. The summed E-state index contributed by atoms with van der Waals surface area (Å²) in [6.45, 7) is 2.28. The van der Waals surface area contributed by atoms with E-state index in [1.165, 1.54) is 12.0 Å². The van der Waals surface area contributed by atoms with Crippen molar-refractivity contribution in [3.63, 3.8) is 0 Å². The summed E-state index contributed by atoms with van der Waals surface area (Å²) >= 11 is 3.32. The number of alkyl halides is 1. The Morgan fingerprint density at radius 3 is 2.47 bits per heavy atom. The van der Waals surface area contributed by atoms with E-state index in [2.05, 4.69) is 20.7 Å². The molecular weight excluding hydrogens is 310 g/mol. The van der Waals surface area contributed by atoms with Crippen LogP contribution >= 0.6 is 15.9 Å². The summed E-state index contributed by atoms with van der Waals surface area (Å²) in [5, 5.41) is 0. The van der Waals surface area contributed by atoms with Crippen LogP contribution in [-0.2, 0) is 20.9 Å². The summed E-state index contributed by atoms with van der Waals surface area (Å²) in [6.07, 6.45) is 0.672. The molecule has 0 aliphatic carbocycles. The first-order valence-electron chi connectivity index (χ1n) is 6.12. The molecule has 104 valence electrons. The molecule has 4 nitrogen and oxygen atoms in total. The molecule has 0 aromatic heterocycles. The molecule has 0 heterocycles. The van der Waals surface area contributed by atoms with Gasteiger partial charge in [-0.25, -0.2) is 0 Å². The number of ether oxygens (including phenoxy) is 1. The van der Waals surface area contributed by atoms with Crippen molar-refractivity contribution >= 4 is 27.8 Å². The number of hydrogen-bond donors (Lipinski definition) is 0. The monoisotopic (exact) mass is 327 g/mol. The molecule has 0 aliphatic rings. The fourth-order valence-corrected chi connectivity index (χ4v) is 1.90. The molecular formula is C14H18BrNO3. The molecule has 1 unspecified atom stereocenters. The number of amides is 1. The number of carbonyl (C=O) groups excluding carboxylic acids is 2. The first-order chi connectivity index (χ1) is 9.08. The van der Waals surface area contributed by atoms with E-state index in [9.17, 15) is 9.59 Å². The Balaban J connectivity index is 2.80. The fourth-order valence-electron chi connectivity index (χ4n) is 1.61. The van der Waals surface area contributed by atoms with Crippen LogP contribution in [0.25, 0.3) is 0 Å². The van der Waals surface area contributed by atoms with Gasteiger partial charge in [-0.3, -0.25) is 9.59 Å². The minimum absolute atomic E-state index is 0.0354. The highest BCUT2D eigenvalue weighted by Gasteiger charge is 2.23. The van der Waals surface area contributed by atoms with Crippen LogP contribution in [0.4, 0.5) is 0 Å². The Kier molecular flexibility index (Phi) is 6.56. The third-order valence-corrected chi connectivity index (χ3v) is 3.74. The highest BCUT2D eigenvalue weighted by molar-refractivity contribution is 9.10. The third kappa shape index (κ3) is 5.03. The second-order valence-corrected chi connectivity index (χ2v) is 5.24. The SMILES string of the molecule is CCC(Br)C(=O)N(CC(=O)OC)Cc1ccccc1. The van der Waals surface area contributed by atoms with Crippen molar-refractivity contribution in [1.82, 2.24) is 4.90 Å². The van der Waals surface area contributed by atoms with Crippen molar-refractivity contribution in [2.75, 3.05) is 13.7 Å². The molecule has 1 amide bonds. The van der Waals surface area contributed by atoms with Gasteiger partial charge in [0, 0.05) is 6.54 Å². The molecule has 0 bridgehead atoms. The molecule has 0 aliphatic heterocycles. The Morgan fingerprint density at radius 1 is 1.32 bits per heavy atom. The highest BCUT2D eigenvalue weighted by Crippen LogP contribution is 2.12. The Labute approximate surface area is 121 Å². The number of hydrogen-bond acceptors (Lipinski definition) is 3. The molecule has 1 rings (SSSR count). The summed E-state index contributed by atoms with van der Waals surface area (Å²) in [7, 11) is 1.32. The van der Waals surface area contributed by atoms with Gasteiger partial charge in [-0.2, -0.15) is 0 Å². The average molecular weight is 328 g/mol. The quantitative estimate of drug-likeness (QED) is 0.595. The van der Waals surface area contributed by atoms with Gasteiger partial charge >= 0.3 is 5.97 Å². The zero-order valence-corrected chi connectivity index (χ0v) is 12.7. The van der Waals surface area contributed by atoms with E-state index in [4.69, 9.17) is 0 Å². The van der Waals surface area contributed by atoms with Gasteiger partial charge in [0.25, 0.3) is 0 Å². The summed E-state index contributed by atoms with van der Waals surface area (Å²) in [5.74, 6) is -0.517. The first-order valence-corrected chi connectivity index (χ1v) is 7.03. The van der Waals surface area contributed by atoms with Crippen molar-refractivity contribution in [1.29, 1.82) is 0 Å². The van der Waals surface area contributed by atoms with Crippen molar-refractivity contribution in [2.45, 2.75) is 24.7 Å². The largest absolute Gasteiger partial charge is 0.468 e. The minimum atomic E-state index is -0.417. The minimum Gasteiger partial charge on any atom is -0.468 e. The van der Waals surface area contributed by atoms with Crippen molar-refractivity contribution in [3.8, 4) is 0 Å². The molecule has 19 heavy (non-hydrogen) atoms. The first kappa shape index (κ1) is 15.7. The van der Waals surface area contributed by atoms with Crippen LogP contribution in [0.3, 0.4) is 0 Å². The second-order valence-electron chi connectivity index (χ2n) is 4.13. The van der Waals surface area contributed by atoms with Crippen LogP contribution in [0.2, 0.25) is 0 Å². The van der Waals surface area contributed by atoms with Crippen molar-refractivity contribution in [3.05, 3.63) is 35.9 Å². The van der Waals surface area contributed by atoms with Crippen LogP contribution in [0.1, 0.15) is 18.9 Å². The number of esters is 1. The lowest BCUT2D eigenvalue weighted by Gasteiger charge is -2.23. The molecule has 0 spiro atoms. The van der Waals surface area contributed by atoms with Gasteiger partial charge in [0.05, 0.1) is 11.9 Å². The van der Waals surface area contributed by atoms with Crippen LogP contribution in [0.15, 0.2) is 30.3 Å². The average Bonchev–Trinajstić information content (AvgIpc) is 2.45. The summed E-state index contributed by atoms with van der Waals surface area (Å²) in [5.41, 5.74) is 0.982. The molecule has 0 N–H and O–H groups in total. The topological polar surface area (TPSA) is 46.6 Å². The molecule has 0 radical (unpaired) electrons. The van der Waals surface area contributed by atoms with Gasteiger partial charge in [-0.05, 0) is 12.0 Å². The Bertz CT molecular complexity index is 422. The molecule has 1 atom stereocenters. The lowest BCUT2D eigenvalue weighted by Crippen LogP contribution is -2.39. The highest BCUT2D eigenvalue weighted by atomic mass is 79.9. The van der Waals surface area contributed by atoms with Crippen molar-refractivity contribution in [2.24, 2.45) is 0 Å². The smallest absolute Gasteiger partial charge is 0.325 e.